The summed E-state index contributed by atoms with van der Waals surface area (Å²) in [6, 6.07) is 17.9. The van der Waals surface area contributed by atoms with Gasteiger partial charge in [-0.1, -0.05) is 12.1 Å². The summed E-state index contributed by atoms with van der Waals surface area (Å²) in [5.74, 6) is -6.71. The average Bonchev–Trinajstić information content (AvgIpc) is 3.81. The number of nitrogens with zero attached hydrogens (tertiary/aromatic N) is 2. The van der Waals surface area contributed by atoms with E-state index in [0.717, 1.165) is 58.7 Å². The van der Waals surface area contributed by atoms with E-state index in [4.69, 9.17) is 53.8 Å². The minimum atomic E-state index is -1.82. The number of hydrogen-bond acceptors (Lipinski definition) is 13. The van der Waals surface area contributed by atoms with Crippen LogP contribution < -0.4 is 9.47 Å². The van der Waals surface area contributed by atoms with Crippen LogP contribution in [0.2, 0.25) is 0 Å². The number of likely N-dealkylation sites (tertiary alicyclic amines) is 1. The number of aromatic hydroxyl groups is 1. The number of phenolic OH excluding ortho intramolecular Hbond substituents is 1. The summed E-state index contributed by atoms with van der Waals surface area (Å²) in [6.45, 7) is 5.55. The van der Waals surface area contributed by atoms with Crippen LogP contribution in [-0.2, 0) is 35.3 Å². The number of ketones is 1. The third kappa shape index (κ3) is 11.5. The molecule has 2 aliphatic rings. The zero-order valence-corrected chi connectivity index (χ0v) is 30.9. The van der Waals surface area contributed by atoms with Gasteiger partial charge in [0.05, 0.1) is 20.3 Å². The highest BCUT2D eigenvalue weighted by Crippen LogP contribution is 2.42. The number of morpholine rings is 1. The van der Waals surface area contributed by atoms with Crippen molar-refractivity contribution in [2.45, 2.75) is 25.4 Å². The van der Waals surface area contributed by atoms with E-state index in [1.165, 1.54) is 11.3 Å². The minimum absolute atomic E-state index is 0.118. The molecular weight excluding hydrogens is 756 g/mol. The van der Waals surface area contributed by atoms with E-state index >= 15 is 0 Å². The Kier molecular flexibility index (Phi) is 15.2. The molecule has 1 aromatic heterocycles. The molecule has 1 atom stereocenters. The number of carboxylic acids is 5. The molecule has 0 amide bonds. The fraction of sp³-hybridized carbons (Fsp3) is 0.316. The predicted octanol–water partition coefficient (Wildman–Crippen LogP) is 3.58. The number of aliphatic carboxylic acids is 5. The molecule has 6 N–H and O–H groups in total. The van der Waals surface area contributed by atoms with Gasteiger partial charge in [-0.05, 0) is 73.5 Å². The number of thiophene rings is 1. The monoisotopic (exact) mass is 796 g/mol. The molecule has 0 bridgehead atoms. The van der Waals surface area contributed by atoms with Crippen LogP contribution in [0.3, 0.4) is 0 Å². The molecule has 18 heteroatoms. The van der Waals surface area contributed by atoms with Crippen molar-refractivity contribution < 1.29 is 73.6 Å². The van der Waals surface area contributed by atoms with Crippen LogP contribution in [0, 0.1) is 0 Å². The van der Waals surface area contributed by atoms with E-state index < -0.39 is 35.9 Å². The Morgan fingerprint density at radius 3 is 2.05 bits per heavy atom. The first-order valence-electron chi connectivity index (χ1n) is 17.1. The van der Waals surface area contributed by atoms with Gasteiger partial charge < -0.3 is 44.8 Å². The van der Waals surface area contributed by atoms with Gasteiger partial charge in [0.2, 0.25) is 0 Å². The highest BCUT2D eigenvalue weighted by Gasteiger charge is 2.30. The molecule has 3 aromatic carbocycles. The molecule has 2 saturated heterocycles. The number of rotatable bonds is 11. The van der Waals surface area contributed by atoms with Crippen molar-refractivity contribution in [3.63, 3.8) is 0 Å². The zero-order valence-electron chi connectivity index (χ0n) is 30.1. The molecule has 17 nitrogen and oxygen atoms in total. The summed E-state index contributed by atoms with van der Waals surface area (Å²) in [6.07, 6.45) is 1.55. The number of hydrogen-bond donors (Lipinski definition) is 6. The SMILES string of the molecule is COc1cc(C(=O)c2c(-c3ccc(OCCN4CCC[C@H]4C(=O)O)cc3)sc3cc(O)ccc23)ccc1CN1CCOCC1.O=C(O)C(=O)O.O=C(O)C(=O)O. The van der Waals surface area contributed by atoms with Crippen molar-refractivity contribution >= 4 is 57.1 Å². The highest BCUT2D eigenvalue weighted by atomic mass is 32.1. The van der Waals surface area contributed by atoms with Crippen LogP contribution in [0.1, 0.15) is 34.3 Å². The zero-order chi connectivity index (χ0) is 40.9. The van der Waals surface area contributed by atoms with E-state index in [0.29, 0.717) is 55.4 Å². The Bertz CT molecular complexity index is 2010. The van der Waals surface area contributed by atoms with Gasteiger partial charge in [-0.2, -0.15) is 0 Å². The van der Waals surface area contributed by atoms with E-state index in [9.17, 15) is 19.8 Å². The fourth-order valence-corrected chi connectivity index (χ4v) is 7.27. The Morgan fingerprint density at radius 2 is 1.46 bits per heavy atom. The normalized spacial score (nSPS) is 15.4. The van der Waals surface area contributed by atoms with Gasteiger partial charge in [0.15, 0.2) is 5.78 Å². The molecular formula is C38H40N2O15S. The van der Waals surface area contributed by atoms with Crippen LogP contribution in [0.25, 0.3) is 20.5 Å². The number of fused-ring (bicyclic) bond motifs is 1. The van der Waals surface area contributed by atoms with Gasteiger partial charge in [-0.15, -0.1) is 11.3 Å². The van der Waals surface area contributed by atoms with Crippen molar-refractivity contribution in [2.75, 3.05) is 53.1 Å². The number of carbonyl (C=O) groups excluding carboxylic acids is 1. The van der Waals surface area contributed by atoms with E-state index in [1.54, 1.807) is 25.3 Å². The minimum Gasteiger partial charge on any atom is -0.508 e. The van der Waals surface area contributed by atoms with Crippen LogP contribution in [0.4, 0.5) is 0 Å². The molecule has 0 saturated carbocycles. The summed E-state index contributed by atoms with van der Waals surface area (Å²) in [7, 11) is 1.62. The second kappa shape index (κ2) is 20.0. The lowest BCUT2D eigenvalue weighted by atomic mass is 9.96. The first-order chi connectivity index (χ1) is 26.7. The maximum atomic E-state index is 14.2. The third-order valence-corrected chi connectivity index (χ3v) is 9.93. The van der Waals surface area contributed by atoms with Crippen LogP contribution in [-0.4, -0.2) is 135 Å². The molecule has 6 rings (SSSR count). The quantitative estimate of drug-likeness (QED) is 0.0936. The van der Waals surface area contributed by atoms with Crippen molar-refractivity contribution in [1.29, 1.82) is 0 Å². The van der Waals surface area contributed by atoms with Crippen molar-refractivity contribution in [3.8, 4) is 27.7 Å². The van der Waals surface area contributed by atoms with E-state index in [1.807, 2.05) is 47.4 Å². The molecule has 0 unspecified atom stereocenters. The lowest BCUT2D eigenvalue weighted by molar-refractivity contribution is -0.159. The van der Waals surface area contributed by atoms with E-state index in [-0.39, 0.29) is 11.5 Å². The third-order valence-electron chi connectivity index (χ3n) is 8.73. The van der Waals surface area contributed by atoms with Gasteiger partial charge in [0.25, 0.3) is 0 Å². The lowest BCUT2D eigenvalue weighted by Gasteiger charge is -2.27. The fourth-order valence-electron chi connectivity index (χ4n) is 6.03. The second-order valence-corrected chi connectivity index (χ2v) is 13.4. The Labute approximate surface area is 323 Å². The van der Waals surface area contributed by atoms with Crippen molar-refractivity contribution in [3.05, 3.63) is 77.4 Å². The van der Waals surface area contributed by atoms with Crippen molar-refractivity contribution in [1.82, 2.24) is 9.80 Å². The molecule has 0 aliphatic carbocycles. The van der Waals surface area contributed by atoms with Gasteiger partial charge in [0, 0.05) is 57.8 Å². The average molecular weight is 797 g/mol. The maximum Gasteiger partial charge on any atom is 0.414 e. The topological polar surface area (TPSA) is 258 Å². The summed E-state index contributed by atoms with van der Waals surface area (Å²) < 4.78 is 18.0. The smallest absolute Gasteiger partial charge is 0.414 e. The van der Waals surface area contributed by atoms with Gasteiger partial charge in [-0.25, -0.2) is 19.2 Å². The van der Waals surface area contributed by atoms with Crippen LogP contribution in [0.15, 0.2) is 60.7 Å². The van der Waals surface area contributed by atoms with Crippen LogP contribution >= 0.6 is 11.3 Å². The highest BCUT2D eigenvalue weighted by molar-refractivity contribution is 7.22. The first-order valence-corrected chi connectivity index (χ1v) is 17.9. The summed E-state index contributed by atoms with van der Waals surface area (Å²) >= 11 is 1.46. The van der Waals surface area contributed by atoms with E-state index in [2.05, 4.69) is 4.90 Å². The summed E-state index contributed by atoms with van der Waals surface area (Å²) in [5, 5.41) is 49.9. The van der Waals surface area contributed by atoms with Crippen LogP contribution in [0.5, 0.6) is 17.2 Å². The standard InChI is InChI=1S/C34H36N2O7S.2C2H2O4/c1-41-29-19-23(4-5-24(29)21-35-13-16-42-17-14-35)32(38)31-27-11-8-25(37)20-30(27)44-33(31)22-6-9-26(10-7-22)43-18-15-36-12-2-3-28(36)34(39)40;2*3-1(4)2(5)6/h4-11,19-20,28,37H,2-3,12-18,21H2,1H3,(H,39,40);2*(H,3,4)(H,5,6)/t28-;;/m0../s1. The van der Waals surface area contributed by atoms with Gasteiger partial charge in [-0.3, -0.25) is 19.4 Å². The number of benzene rings is 3. The molecule has 2 fully saturated rings. The number of carboxylic acid groups (broad SMARTS) is 5. The van der Waals surface area contributed by atoms with Gasteiger partial charge >= 0.3 is 29.8 Å². The number of phenols is 1. The molecule has 4 aromatic rings. The molecule has 0 radical (unpaired) electrons. The molecule has 56 heavy (non-hydrogen) atoms. The second-order valence-electron chi connectivity index (χ2n) is 12.4. The lowest BCUT2D eigenvalue weighted by Crippen LogP contribution is -2.38. The molecule has 0 spiro atoms. The summed E-state index contributed by atoms with van der Waals surface area (Å²) in [4.78, 5) is 67.1. The number of methoxy groups -OCH3 is 1. The summed E-state index contributed by atoms with van der Waals surface area (Å²) in [5.41, 5.74) is 2.99. The predicted molar refractivity (Wildman–Crippen MR) is 200 cm³/mol. The molecule has 2 aliphatic heterocycles. The van der Waals surface area contributed by atoms with Gasteiger partial charge in [0.1, 0.15) is 29.9 Å². The van der Waals surface area contributed by atoms with Crippen molar-refractivity contribution in [2.24, 2.45) is 0 Å². The maximum absolute atomic E-state index is 14.2. The Balaban J connectivity index is 0.000000505. The molecule has 298 valence electrons. The number of ether oxygens (including phenoxy) is 3. The Hall–Kier alpha value is -6.08. The molecule has 3 heterocycles. The first kappa shape index (κ1) is 42.7. The number of carbonyl (C=O) groups is 6. The largest absolute Gasteiger partial charge is 0.508 e. The Morgan fingerprint density at radius 1 is 0.821 bits per heavy atom.